The monoisotopic (exact) mass is 303 g/mol. The van der Waals surface area contributed by atoms with Gasteiger partial charge in [-0.25, -0.2) is 13.1 Å². The Morgan fingerprint density at radius 3 is 2.65 bits per heavy atom. The van der Waals surface area contributed by atoms with Crippen molar-refractivity contribution in [2.45, 2.75) is 57.5 Å². The molecular weight excluding hydrogens is 274 g/mol. The fourth-order valence-corrected chi connectivity index (χ4v) is 4.62. The third-order valence-corrected chi connectivity index (χ3v) is 5.79. The molecule has 0 aromatic heterocycles. The molecule has 2 heterocycles. The first-order valence-corrected chi connectivity index (χ1v) is 9.66. The minimum absolute atomic E-state index is 0.0115. The molecule has 0 aromatic rings. The van der Waals surface area contributed by atoms with E-state index >= 15 is 0 Å². The van der Waals surface area contributed by atoms with Crippen LogP contribution in [-0.2, 0) is 10.0 Å². The van der Waals surface area contributed by atoms with Gasteiger partial charge in [0, 0.05) is 18.6 Å². The molecule has 5 nitrogen and oxygen atoms in total. The highest BCUT2D eigenvalue weighted by Crippen LogP contribution is 2.11. The molecule has 2 aliphatic rings. The Kier molecular flexibility index (Phi) is 6.26. The molecule has 2 fully saturated rings. The van der Waals surface area contributed by atoms with Gasteiger partial charge in [-0.15, -0.1) is 0 Å². The van der Waals surface area contributed by atoms with Gasteiger partial charge in [-0.2, -0.15) is 0 Å². The first-order chi connectivity index (χ1) is 9.55. The molecule has 2 N–H and O–H groups in total. The summed E-state index contributed by atoms with van der Waals surface area (Å²) in [6, 6.07) is 0.395. The van der Waals surface area contributed by atoms with E-state index in [9.17, 15) is 8.42 Å². The normalized spacial score (nSPS) is 26.8. The minimum atomic E-state index is -3.14. The Bertz CT molecular complexity index is 374. The van der Waals surface area contributed by atoms with Crippen molar-refractivity contribution in [2.75, 3.05) is 31.9 Å². The lowest BCUT2D eigenvalue weighted by molar-refractivity contribution is 0.312. The average molecular weight is 303 g/mol. The average Bonchev–Trinajstić information content (AvgIpc) is 2.90. The van der Waals surface area contributed by atoms with Crippen molar-refractivity contribution in [3.05, 3.63) is 0 Å². The number of nitrogens with one attached hydrogen (secondary N) is 2. The quantitative estimate of drug-likeness (QED) is 0.734. The summed E-state index contributed by atoms with van der Waals surface area (Å²) in [5.41, 5.74) is 0. The summed E-state index contributed by atoms with van der Waals surface area (Å²) in [6.07, 6.45) is 6.76. The van der Waals surface area contributed by atoms with Gasteiger partial charge in [-0.1, -0.05) is 6.42 Å². The highest BCUT2D eigenvalue weighted by atomic mass is 32.2. The first kappa shape index (κ1) is 16.2. The largest absolute Gasteiger partial charge is 0.314 e. The predicted octanol–water partition coefficient (Wildman–Crippen LogP) is 0.922. The molecule has 0 spiro atoms. The van der Waals surface area contributed by atoms with Crippen LogP contribution in [0.25, 0.3) is 0 Å². The molecule has 6 heteroatoms. The van der Waals surface area contributed by atoms with Crippen LogP contribution in [0.4, 0.5) is 0 Å². The van der Waals surface area contributed by atoms with Crippen LogP contribution < -0.4 is 10.0 Å². The molecule has 0 radical (unpaired) electrons. The second-order valence-corrected chi connectivity index (χ2v) is 8.15. The fourth-order valence-electron chi connectivity index (χ4n) is 3.22. The summed E-state index contributed by atoms with van der Waals surface area (Å²) in [5, 5.41) is 3.40. The van der Waals surface area contributed by atoms with Crippen LogP contribution in [0.5, 0.6) is 0 Å². The molecule has 2 unspecified atom stereocenters. The van der Waals surface area contributed by atoms with Crippen molar-refractivity contribution in [2.24, 2.45) is 0 Å². The number of sulfonamides is 1. The molecule has 2 rings (SSSR count). The highest BCUT2D eigenvalue weighted by molar-refractivity contribution is 7.89. The molecule has 2 aliphatic heterocycles. The zero-order chi connectivity index (χ0) is 14.4. The van der Waals surface area contributed by atoms with E-state index in [0.29, 0.717) is 6.04 Å². The van der Waals surface area contributed by atoms with Gasteiger partial charge >= 0.3 is 0 Å². The van der Waals surface area contributed by atoms with Gasteiger partial charge in [0.25, 0.3) is 0 Å². The summed E-state index contributed by atoms with van der Waals surface area (Å²) in [5.74, 6) is 0.245. The Labute approximate surface area is 123 Å². The summed E-state index contributed by atoms with van der Waals surface area (Å²) in [7, 11) is -3.14. The number of likely N-dealkylation sites (tertiary alicyclic amines) is 1. The predicted molar refractivity (Wildman–Crippen MR) is 82.3 cm³/mol. The van der Waals surface area contributed by atoms with Crippen molar-refractivity contribution < 1.29 is 8.42 Å². The number of hydrogen-bond acceptors (Lipinski definition) is 4. The van der Waals surface area contributed by atoms with Crippen LogP contribution >= 0.6 is 0 Å². The fraction of sp³-hybridized carbons (Fsp3) is 1.00. The molecule has 0 aromatic carbocycles. The third-order valence-electron chi connectivity index (χ3n) is 4.26. The molecule has 2 atom stereocenters. The van der Waals surface area contributed by atoms with Gasteiger partial charge in [0.2, 0.25) is 10.0 Å². The Hall–Kier alpha value is -0.170. The molecule has 118 valence electrons. The molecule has 0 bridgehead atoms. The van der Waals surface area contributed by atoms with Gasteiger partial charge in [0.1, 0.15) is 0 Å². The van der Waals surface area contributed by atoms with E-state index in [-0.39, 0.29) is 11.8 Å². The van der Waals surface area contributed by atoms with Crippen LogP contribution in [0.3, 0.4) is 0 Å². The SMILES string of the molecule is CC(CN1CCCC1)NS(=O)(=O)CCC1CCCCN1. The molecule has 0 amide bonds. The Morgan fingerprint density at radius 2 is 2.00 bits per heavy atom. The number of hydrogen-bond donors (Lipinski definition) is 2. The summed E-state index contributed by atoms with van der Waals surface area (Å²) in [4.78, 5) is 2.34. The number of rotatable bonds is 7. The summed E-state index contributed by atoms with van der Waals surface area (Å²) in [6.45, 7) is 6.05. The maximum atomic E-state index is 12.1. The van der Waals surface area contributed by atoms with Crippen LogP contribution in [-0.4, -0.2) is 57.3 Å². The number of piperidine rings is 1. The zero-order valence-corrected chi connectivity index (χ0v) is 13.4. The van der Waals surface area contributed by atoms with Gasteiger partial charge in [-0.05, 0) is 58.7 Å². The van der Waals surface area contributed by atoms with Crippen LogP contribution in [0.15, 0.2) is 0 Å². The van der Waals surface area contributed by atoms with Crippen molar-refractivity contribution in [3.63, 3.8) is 0 Å². The van der Waals surface area contributed by atoms with Gasteiger partial charge in [0.05, 0.1) is 5.75 Å². The summed E-state index contributed by atoms with van der Waals surface area (Å²) < 4.78 is 27.0. The second kappa shape index (κ2) is 7.73. The third kappa shape index (κ3) is 5.68. The maximum Gasteiger partial charge on any atom is 0.211 e. The highest BCUT2D eigenvalue weighted by Gasteiger charge is 2.21. The van der Waals surface area contributed by atoms with E-state index < -0.39 is 10.0 Å². The van der Waals surface area contributed by atoms with E-state index in [1.807, 2.05) is 6.92 Å². The molecule has 0 saturated carbocycles. The molecule has 2 saturated heterocycles. The van der Waals surface area contributed by atoms with Crippen LogP contribution in [0.1, 0.15) is 45.4 Å². The summed E-state index contributed by atoms with van der Waals surface area (Å²) >= 11 is 0. The van der Waals surface area contributed by atoms with E-state index in [1.54, 1.807) is 0 Å². The Morgan fingerprint density at radius 1 is 1.25 bits per heavy atom. The molecule has 0 aliphatic carbocycles. The molecule has 20 heavy (non-hydrogen) atoms. The number of nitrogens with zero attached hydrogens (tertiary/aromatic N) is 1. The lowest BCUT2D eigenvalue weighted by atomic mass is 10.0. The van der Waals surface area contributed by atoms with Crippen molar-refractivity contribution >= 4 is 10.0 Å². The van der Waals surface area contributed by atoms with E-state index in [2.05, 4.69) is 14.9 Å². The van der Waals surface area contributed by atoms with E-state index in [4.69, 9.17) is 0 Å². The van der Waals surface area contributed by atoms with Crippen LogP contribution in [0, 0.1) is 0 Å². The Balaban J connectivity index is 1.68. The van der Waals surface area contributed by atoms with Gasteiger partial charge < -0.3 is 10.2 Å². The van der Waals surface area contributed by atoms with E-state index in [1.165, 1.54) is 25.7 Å². The lowest BCUT2D eigenvalue weighted by Gasteiger charge is -2.24. The van der Waals surface area contributed by atoms with Crippen molar-refractivity contribution in [3.8, 4) is 0 Å². The van der Waals surface area contributed by atoms with Gasteiger partial charge in [0.15, 0.2) is 0 Å². The lowest BCUT2D eigenvalue weighted by Crippen LogP contribution is -2.43. The minimum Gasteiger partial charge on any atom is -0.314 e. The van der Waals surface area contributed by atoms with Gasteiger partial charge in [-0.3, -0.25) is 0 Å². The van der Waals surface area contributed by atoms with Crippen LogP contribution in [0.2, 0.25) is 0 Å². The standard InChI is InChI=1S/C14H29N3O2S/c1-13(12-17-9-4-5-10-17)16-20(18,19)11-7-14-6-2-3-8-15-14/h13-16H,2-12H2,1H3. The van der Waals surface area contributed by atoms with Crippen molar-refractivity contribution in [1.82, 2.24) is 14.9 Å². The maximum absolute atomic E-state index is 12.1. The van der Waals surface area contributed by atoms with Crippen molar-refractivity contribution in [1.29, 1.82) is 0 Å². The topological polar surface area (TPSA) is 61.4 Å². The zero-order valence-electron chi connectivity index (χ0n) is 12.6. The van der Waals surface area contributed by atoms with E-state index in [0.717, 1.165) is 39.0 Å². The second-order valence-electron chi connectivity index (χ2n) is 6.28. The first-order valence-electron chi connectivity index (χ1n) is 8.01. The smallest absolute Gasteiger partial charge is 0.211 e. The molecular formula is C14H29N3O2S.